The average molecular weight is 317 g/mol. The van der Waals surface area contributed by atoms with Crippen LogP contribution in [-0.4, -0.2) is 4.98 Å². The van der Waals surface area contributed by atoms with E-state index < -0.39 is 0 Å². The van der Waals surface area contributed by atoms with Crippen LogP contribution in [0, 0.1) is 0 Å². The van der Waals surface area contributed by atoms with Gasteiger partial charge in [0.25, 0.3) is 0 Å². The number of thiazole rings is 1. The second kappa shape index (κ2) is 5.32. The molecule has 3 rings (SSSR count). The number of rotatable bonds is 2. The maximum Gasteiger partial charge on any atom is 0.188 e. The Morgan fingerprint density at radius 3 is 2.43 bits per heavy atom. The lowest BCUT2D eigenvalue weighted by molar-refractivity contribution is 0.590. The largest absolute Gasteiger partial charge is 0.332 e. The number of benzene rings is 2. The van der Waals surface area contributed by atoms with Gasteiger partial charge in [0.2, 0.25) is 0 Å². The molecule has 21 heavy (non-hydrogen) atoms. The Morgan fingerprint density at radius 1 is 1.05 bits per heavy atom. The molecule has 0 fully saturated rings. The van der Waals surface area contributed by atoms with Crippen LogP contribution in [0.25, 0.3) is 10.2 Å². The van der Waals surface area contributed by atoms with E-state index in [0.717, 1.165) is 26.1 Å². The molecule has 0 aliphatic carbocycles. The van der Waals surface area contributed by atoms with Crippen molar-refractivity contribution in [3.05, 3.63) is 53.1 Å². The Balaban J connectivity index is 1.84. The number of nitrogens with one attached hydrogen (secondary N) is 1. The molecule has 3 aromatic rings. The number of hydrogen-bond donors (Lipinski definition) is 1. The molecule has 0 unspecified atom stereocenters. The van der Waals surface area contributed by atoms with Crippen LogP contribution in [0.1, 0.15) is 26.3 Å². The molecular formula is C17H17ClN2S. The smallest absolute Gasteiger partial charge is 0.188 e. The number of hydrogen-bond acceptors (Lipinski definition) is 3. The number of fused-ring (bicyclic) bond motifs is 1. The van der Waals surface area contributed by atoms with E-state index in [9.17, 15) is 0 Å². The third kappa shape index (κ3) is 3.20. The molecule has 0 amide bonds. The maximum atomic E-state index is 6.01. The van der Waals surface area contributed by atoms with Gasteiger partial charge >= 0.3 is 0 Å². The molecule has 0 bridgehead atoms. The van der Waals surface area contributed by atoms with Crippen molar-refractivity contribution in [3.8, 4) is 0 Å². The van der Waals surface area contributed by atoms with E-state index >= 15 is 0 Å². The van der Waals surface area contributed by atoms with Gasteiger partial charge in [0, 0.05) is 10.7 Å². The lowest BCUT2D eigenvalue weighted by atomic mass is 9.87. The van der Waals surface area contributed by atoms with E-state index in [-0.39, 0.29) is 5.41 Å². The topological polar surface area (TPSA) is 24.9 Å². The minimum atomic E-state index is 0.172. The summed E-state index contributed by atoms with van der Waals surface area (Å²) in [6.45, 7) is 6.65. The van der Waals surface area contributed by atoms with Gasteiger partial charge in [-0.1, -0.05) is 55.8 Å². The van der Waals surface area contributed by atoms with Gasteiger partial charge in [-0.3, -0.25) is 0 Å². The van der Waals surface area contributed by atoms with Crippen LogP contribution in [0.5, 0.6) is 0 Å². The van der Waals surface area contributed by atoms with E-state index in [0.29, 0.717) is 0 Å². The van der Waals surface area contributed by atoms with Gasteiger partial charge in [0.15, 0.2) is 5.13 Å². The van der Waals surface area contributed by atoms with Crippen molar-refractivity contribution in [2.45, 2.75) is 26.2 Å². The lowest BCUT2D eigenvalue weighted by Crippen LogP contribution is -2.10. The van der Waals surface area contributed by atoms with Crippen LogP contribution < -0.4 is 5.32 Å². The normalized spacial score (nSPS) is 11.8. The van der Waals surface area contributed by atoms with Gasteiger partial charge in [-0.15, -0.1) is 0 Å². The quantitative estimate of drug-likeness (QED) is 0.628. The zero-order chi connectivity index (χ0) is 15.0. The zero-order valence-corrected chi connectivity index (χ0v) is 13.8. The van der Waals surface area contributed by atoms with Gasteiger partial charge in [0.1, 0.15) is 0 Å². The third-order valence-corrected chi connectivity index (χ3v) is 4.52. The zero-order valence-electron chi connectivity index (χ0n) is 12.3. The molecular weight excluding hydrogens is 300 g/mol. The van der Waals surface area contributed by atoms with Crippen molar-refractivity contribution in [1.29, 1.82) is 0 Å². The molecule has 0 radical (unpaired) electrons. The fraction of sp³-hybridized carbons (Fsp3) is 0.235. The van der Waals surface area contributed by atoms with E-state index in [2.05, 4.69) is 55.3 Å². The summed E-state index contributed by atoms with van der Waals surface area (Å²) in [6.07, 6.45) is 0. The van der Waals surface area contributed by atoms with Crippen molar-refractivity contribution in [1.82, 2.24) is 4.98 Å². The van der Waals surface area contributed by atoms with E-state index in [1.807, 2.05) is 18.2 Å². The van der Waals surface area contributed by atoms with Crippen LogP contribution in [0.3, 0.4) is 0 Å². The van der Waals surface area contributed by atoms with Crippen LogP contribution in [-0.2, 0) is 5.41 Å². The van der Waals surface area contributed by atoms with Crippen LogP contribution in [0.4, 0.5) is 10.8 Å². The number of anilines is 2. The molecule has 108 valence electrons. The predicted molar refractivity (Wildman–Crippen MR) is 93.1 cm³/mol. The molecule has 4 heteroatoms. The minimum Gasteiger partial charge on any atom is -0.332 e. The third-order valence-electron chi connectivity index (χ3n) is 3.35. The van der Waals surface area contributed by atoms with Gasteiger partial charge in [-0.25, -0.2) is 4.98 Å². The molecule has 1 N–H and O–H groups in total. The highest BCUT2D eigenvalue weighted by molar-refractivity contribution is 7.22. The highest BCUT2D eigenvalue weighted by Crippen LogP contribution is 2.31. The van der Waals surface area contributed by atoms with Crippen LogP contribution >= 0.6 is 22.9 Å². The van der Waals surface area contributed by atoms with Crippen molar-refractivity contribution in [2.75, 3.05) is 5.32 Å². The van der Waals surface area contributed by atoms with Gasteiger partial charge in [-0.05, 0) is 41.3 Å². The van der Waals surface area contributed by atoms with Crippen molar-refractivity contribution < 1.29 is 0 Å². The SMILES string of the molecule is CC(C)(C)c1ccc(Nc2nc3ccc(Cl)cc3s2)cc1. The monoisotopic (exact) mass is 316 g/mol. The molecule has 0 atom stereocenters. The molecule has 2 aromatic carbocycles. The molecule has 0 aliphatic heterocycles. The highest BCUT2D eigenvalue weighted by Gasteiger charge is 2.13. The minimum absolute atomic E-state index is 0.172. The molecule has 2 nitrogen and oxygen atoms in total. The second-order valence-electron chi connectivity index (χ2n) is 6.08. The Kier molecular flexibility index (Phi) is 3.64. The van der Waals surface area contributed by atoms with Gasteiger partial charge in [-0.2, -0.15) is 0 Å². The Labute approximate surface area is 133 Å². The fourth-order valence-electron chi connectivity index (χ4n) is 2.13. The van der Waals surface area contributed by atoms with Crippen LogP contribution in [0.15, 0.2) is 42.5 Å². The Morgan fingerprint density at radius 2 is 1.76 bits per heavy atom. The summed E-state index contributed by atoms with van der Waals surface area (Å²) in [5, 5.41) is 4.98. The Hall–Kier alpha value is -1.58. The molecule has 1 heterocycles. The first kappa shape index (κ1) is 14.4. The van der Waals surface area contributed by atoms with Crippen molar-refractivity contribution in [2.24, 2.45) is 0 Å². The molecule has 0 saturated heterocycles. The van der Waals surface area contributed by atoms with Crippen LogP contribution in [0.2, 0.25) is 5.02 Å². The Bertz CT molecular complexity index is 770. The van der Waals surface area contributed by atoms with E-state index in [1.54, 1.807) is 11.3 Å². The van der Waals surface area contributed by atoms with E-state index in [1.165, 1.54) is 5.56 Å². The number of aromatic nitrogens is 1. The first-order valence-electron chi connectivity index (χ1n) is 6.85. The van der Waals surface area contributed by atoms with E-state index in [4.69, 9.17) is 11.6 Å². The molecule has 0 saturated carbocycles. The van der Waals surface area contributed by atoms with Crippen molar-refractivity contribution in [3.63, 3.8) is 0 Å². The first-order valence-corrected chi connectivity index (χ1v) is 8.05. The number of halogens is 1. The molecule has 0 aliphatic rings. The second-order valence-corrected chi connectivity index (χ2v) is 7.55. The summed E-state index contributed by atoms with van der Waals surface area (Å²) >= 11 is 7.62. The van der Waals surface area contributed by atoms with Gasteiger partial charge in [0.05, 0.1) is 10.2 Å². The summed E-state index contributed by atoms with van der Waals surface area (Å²) < 4.78 is 1.09. The first-order chi connectivity index (χ1) is 9.91. The maximum absolute atomic E-state index is 6.01. The fourth-order valence-corrected chi connectivity index (χ4v) is 3.29. The lowest BCUT2D eigenvalue weighted by Gasteiger charge is -2.19. The van der Waals surface area contributed by atoms with Crippen molar-refractivity contribution >= 4 is 44.0 Å². The summed E-state index contributed by atoms with van der Waals surface area (Å²) in [6, 6.07) is 14.3. The summed E-state index contributed by atoms with van der Waals surface area (Å²) in [5.41, 5.74) is 3.51. The summed E-state index contributed by atoms with van der Waals surface area (Å²) in [5.74, 6) is 0. The predicted octanol–water partition coefficient (Wildman–Crippen LogP) is 5.99. The molecule has 0 spiro atoms. The summed E-state index contributed by atoms with van der Waals surface area (Å²) in [7, 11) is 0. The standard InChI is InChI=1S/C17H17ClN2S/c1-17(2,3)11-4-7-13(8-5-11)19-16-20-14-9-6-12(18)10-15(14)21-16/h4-10H,1-3H3,(H,19,20). The average Bonchev–Trinajstić information content (AvgIpc) is 2.79. The highest BCUT2D eigenvalue weighted by atomic mass is 35.5. The molecule has 1 aromatic heterocycles. The van der Waals surface area contributed by atoms with Gasteiger partial charge < -0.3 is 5.32 Å². The number of nitrogens with zero attached hydrogens (tertiary/aromatic N) is 1. The summed E-state index contributed by atoms with van der Waals surface area (Å²) in [4.78, 5) is 4.57.